The average Bonchev–Trinajstić information content (AvgIpc) is 2.81. The standard InChI is InChI=1S/C14H19N3O/c1-14(2,3)7-8-15-12-6-4-5-11(9-12)13-17-16-10-18-13/h4-6,9-10,15H,7-8H2,1-3H3. The Balaban J connectivity index is 2.00. The van der Waals surface area contributed by atoms with Crippen LogP contribution in [0, 0.1) is 5.41 Å². The lowest BCUT2D eigenvalue weighted by Crippen LogP contribution is -2.12. The van der Waals surface area contributed by atoms with E-state index in [2.05, 4.69) is 36.3 Å². The molecule has 4 heteroatoms. The van der Waals surface area contributed by atoms with Crippen molar-refractivity contribution in [1.82, 2.24) is 10.2 Å². The van der Waals surface area contributed by atoms with Gasteiger partial charge in [-0.05, 0) is 30.0 Å². The van der Waals surface area contributed by atoms with Crippen LogP contribution in [0.25, 0.3) is 11.5 Å². The van der Waals surface area contributed by atoms with Crippen LogP contribution < -0.4 is 5.32 Å². The maximum Gasteiger partial charge on any atom is 0.247 e. The van der Waals surface area contributed by atoms with Gasteiger partial charge in [0.2, 0.25) is 12.3 Å². The van der Waals surface area contributed by atoms with Crippen molar-refractivity contribution in [2.45, 2.75) is 27.2 Å². The van der Waals surface area contributed by atoms with Crippen molar-refractivity contribution in [2.75, 3.05) is 11.9 Å². The fraction of sp³-hybridized carbons (Fsp3) is 0.429. The monoisotopic (exact) mass is 245 g/mol. The molecule has 2 rings (SSSR count). The van der Waals surface area contributed by atoms with Crippen molar-refractivity contribution in [2.24, 2.45) is 5.41 Å². The molecule has 1 heterocycles. The van der Waals surface area contributed by atoms with Gasteiger partial charge in [-0.3, -0.25) is 0 Å². The second-order valence-electron chi connectivity index (χ2n) is 5.56. The summed E-state index contributed by atoms with van der Waals surface area (Å²) in [4.78, 5) is 0. The second kappa shape index (κ2) is 5.21. The maximum absolute atomic E-state index is 5.18. The van der Waals surface area contributed by atoms with Gasteiger partial charge in [0.15, 0.2) is 0 Å². The van der Waals surface area contributed by atoms with Gasteiger partial charge in [0.25, 0.3) is 0 Å². The van der Waals surface area contributed by atoms with Crippen LogP contribution >= 0.6 is 0 Å². The molecule has 4 nitrogen and oxygen atoms in total. The summed E-state index contributed by atoms with van der Waals surface area (Å²) in [5.41, 5.74) is 2.36. The van der Waals surface area contributed by atoms with Crippen LogP contribution in [0.15, 0.2) is 35.1 Å². The van der Waals surface area contributed by atoms with Crippen molar-refractivity contribution >= 4 is 5.69 Å². The van der Waals surface area contributed by atoms with Gasteiger partial charge >= 0.3 is 0 Å². The minimum Gasteiger partial charge on any atom is -0.423 e. The minimum atomic E-state index is 0.344. The zero-order valence-electron chi connectivity index (χ0n) is 11.1. The predicted molar refractivity (Wildman–Crippen MR) is 72.3 cm³/mol. The van der Waals surface area contributed by atoms with E-state index >= 15 is 0 Å². The summed E-state index contributed by atoms with van der Waals surface area (Å²) < 4.78 is 5.18. The van der Waals surface area contributed by atoms with E-state index in [1.807, 2.05) is 24.3 Å². The Morgan fingerprint density at radius 2 is 2.11 bits per heavy atom. The van der Waals surface area contributed by atoms with Gasteiger partial charge in [-0.1, -0.05) is 26.8 Å². The second-order valence-corrected chi connectivity index (χ2v) is 5.56. The molecule has 0 spiro atoms. The molecule has 0 atom stereocenters. The molecule has 0 saturated carbocycles. The van der Waals surface area contributed by atoms with Crippen molar-refractivity contribution in [3.05, 3.63) is 30.7 Å². The molecule has 0 fully saturated rings. The van der Waals surface area contributed by atoms with Gasteiger partial charge in [0.1, 0.15) is 0 Å². The van der Waals surface area contributed by atoms with Gasteiger partial charge in [-0.15, -0.1) is 10.2 Å². The van der Waals surface area contributed by atoms with Crippen molar-refractivity contribution in [1.29, 1.82) is 0 Å². The highest BCUT2D eigenvalue weighted by molar-refractivity contribution is 5.60. The van der Waals surface area contributed by atoms with Crippen LogP contribution in [0.3, 0.4) is 0 Å². The normalized spacial score (nSPS) is 11.5. The first kappa shape index (κ1) is 12.6. The zero-order valence-corrected chi connectivity index (χ0v) is 11.1. The lowest BCUT2D eigenvalue weighted by Gasteiger charge is -2.18. The summed E-state index contributed by atoms with van der Waals surface area (Å²) in [6, 6.07) is 8.01. The fourth-order valence-corrected chi connectivity index (χ4v) is 1.64. The molecule has 0 unspecified atom stereocenters. The number of aromatic nitrogens is 2. The number of nitrogens with one attached hydrogen (secondary N) is 1. The fourth-order valence-electron chi connectivity index (χ4n) is 1.64. The maximum atomic E-state index is 5.18. The smallest absolute Gasteiger partial charge is 0.247 e. The molecule has 0 saturated heterocycles. The molecule has 1 aromatic heterocycles. The van der Waals surface area contributed by atoms with Crippen LogP contribution in [0.4, 0.5) is 5.69 Å². The lowest BCUT2D eigenvalue weighted by atomic mass is 9.92. The van der Waals surface area contributed by atoms with Crippen LogP contribution in [-0.2, 0) is 0 Å². The van der Waals surface area contributed by atoms with Crippen LogP contribution in [0.2, 0.25) is 0 Å². The van der Waals surface area contributed by atoms with E-state index in [1.165, 1.54) is 6.39 Å². The van der Waals surface area contributed by atoms with Crippen LogP contribution in [-0.4, -0.2) is 16.7 Å². The molecule has 18 heavy (non-hydrogen) atoms. The Hall–Kier alpha value is -1.84. The molecule has 0 bridgehead atoms. The predicted octanol–water partition coefficient (Wildman–Crippen LogP) is 3.58. The highest BCUT2D eigenvalue weighted by Crippen LogP contribution is 2.22. The highest BCUT2D eigenvalue weighted by Gasteiger charge is 2.09. The van der Waals surface area contributed by atoms with Gasteiger partial charge < -0.3 is 9.73 Å². The molecule has 0 aliphatic rings. The van der Waals surface area contributed by atoms with E-state index in [4.69, 9.17) is 4.42 Å². The van der Waals surface area contributed by atoms with Crippen LogP contribution in [0.1, 0.15) is 27.2 Å². The molecule has 1 aromatic carbocycles. The first-order valence-corrected chi connectivity index (χ1v) is 6.15. The number of anilines is 1. The first-order chi connectivity index (χ1) is 8.54. The van der Waals surface area contributed by atoms with Crippen molar-refractivity contribution < 1.29 is 4.42 Å². The molecule has 0 aliphatic carbocycles. The third-order valence-electron chi connectivity index (χ3n) is 2.67. The number of rotatable bonds is 4. The molecular weight excluding hydrogens is 226 g/mol. The molecule has 0 aliphatic heterocycles. The SMILES string of the molecule is CC(C)(C)CCNc1cccc(-c2nnco2)c1. The van der Waals surface area contributed by atoms with Gasteiger partial charge in [-0.25, -0.2) is 0 Å². The van der Waals surface area contributed by atoms with E-state index in [0.29, 0.717) is 11.3 Å². The molecule has 96 valence electrons. The Morgan fingerprint density at radius 1 is 1.28 bits per heavy atom. The lowest BCUT2D eigenvalue weighted by molar-refractivity contribution is 0.390. The Labute approximate surface area is 107 Å². The zero-order chi connectivity index (χ0) is 13.0. The number of hydrogen-bond acceptors (Lipinski definition) is 4. The van der Waals surface area contributed by atoms with Gasteiger partial charge in [-0.2, -0.15) is 0 Å². The molecule has 0 amide bonds. The molecule has 2 aromatic rings. The topological polar surface area (TPSA) is 51.0 Å². The third kappa shape index (κ3) is 3.58. The summed E-state index contributed by atoms with van der Waals surface area (Å²) >= 11 is 0. The summed E-state index contributed by atoms with van der Waals surface area (Å²) in [6.07, 6.45) is 2.47. The van der Waals surface area contributed by atoms with E-state index in [0.717, 1.165) is 24.2 Å². The average molecular weight is 245 g/mol. The summed E-state index contributed by atoms with van der Waals surface area (Å²) in [5.74, 6) is 0.550. The number of nitrogens with zero attached hydrogens (tertiary/aromatic N) is 2. The highest BCUT2D eigenvalue weighted by atomic mass is 16.4. The summed E-state index contributed by atoms with van der Waals surface area (Å²) in [7, 11) is 0. The number of benzene rings is 1. The third-order valence-corrected chi connectivity index (χ3v) is 2.67. The number of hydrogen-bond donors (Lipinski definition) is 1. The Morgan fingerprint density at radius 3 is 2.78 bits per heavy atom. The molecule has 1 N–H and O–H groups in total. The van der Waals surface area contributed by atoms with E-state index in [1.54, 1.807) is 0 Å². The van der Waals surface area contributed by atoms with E-state index in [9.17, 15) is 0 Å². The minimum absolute atomic E-state index is 0.344. The summed E-state index contributed by atoms with van der Waals surface area (Å²) in [6.45, 7) is 7.67. The van der Waals surface area contributed by atoms with Gasteiger partial charge in [0.05, 0.1) is 0 Å². The Bertz CT molecular complexity index is 486. The summed E-state index contributed by atoms with van der Waals surface area (Å²) in [5, 5.41) is 11.0. The van der Waals surface area contributed by atoms with Crippen molar-refractivity contribution in [3.63, 3.8) is 0 Å². The quantitative estimate of drug-likeness (QED) is 0.894. The van der Waals surface area contributed by atoms with Crippen molar-refractivity contribution in [3.8, 4) is 11.5 Å². The Kier molecular flexibility index (Phi) is 3.65. The molecular formula is C14H19N3O. The van der Waals surface area contributed by atoms with Gasteiger partial charge in [0, 0.05) is 17.8 Å². The van der Waals surface area contributed by atoms with Crippen LogP contribution in [0.5, 0.6) is 0 Å². The molecule has 0 radical (unpaired) electrons. The largest absolute Gasteiger partial charge is 0.423 e. The van der Waals surface area contributed by atoms with E-state index < -0.39 is 0 Å². The van der Waals surface area contributed by atoms with E-state index in [-0.39, 0.29) is 0 Å². The first-order valence-electron chi connectivity index (χ1n) is 6.15.